The topological polar surface area (TPSA) is 175 Å². The molecule has 1 saturated heterocycles. The maximum Gasteiger partial charge on any atom is 0.305 e. The molecule has 1 heterocycles. The maximum atomic E-state index is 13.1. The Morgan fingerprint density at radius 1 is 0.389 bits per heavy atom. The van der Waals surface area contributed by atoms with Gasteiger partial charge in [0.15, 0.2) is 6.29 Å². The quantitative estimate of drug-likeness (QED) is 0.0195. The molecular weight excluding hydrogens is 1180 g/mol. The highest BCUT2D eigenvalue weighted by Gasteiger charge is 2.44. The Bertz CT molecular complexity index is 1770. The average Bonchev–Trinajstić information content (AvgIpc) is 0.858. The van der Waals surface area contributed by atoms with E-state index in [1.54, 1.807) is 6.08 Å². The number of allylic oxidation sites excluding steroid dienone is 9. The zero-order valence-electron chi connectivity index (χ0n) is 62.1. The number of unbranched alkanes of at least 4 members (excludes halogenated alkanes) is 51. The van der Waals surface area contributed by atoms with Crippen molar-refractivity contribution in [1.29, 1.82) is 0 Å². The van der Waals surface area contributed by atoms with Crippen LogP contribution in [-0.2, 0) is 23.8 Å². The number of hydrogen-bond donors (Lipinski definition) is 6. The lowest BCUT2D eigenvalue weighted by Gasteiger charge is -2.40. The normalized spacial score (nSPS) is 17.7. The van der Waals surface area contributed by atoms with Gasteiger partial charge in [-0.05, 0) is 103 Å². The summed E-state index contributed by atoms with van der Waals surface area (Å²) in [5, 5.41) is 54.4. The van der Waals surface area contributed by atoms with Crippen LogP contribution in [0.2, 0.25) is 0 Å². The van der Waals surface area contributed by atoms with Crippen LogP contribution in [0.25, 0.3) is 0 Å². The second-order valence-electron chi connectivity index (χ2n) is 28.5. The molecule has 0 spiro atoms. The van der Waals surface area contributed by atoms with Gasteiger partial charge in [0.2, 0.25) is 5.91 Å². The van der Waals surface area contributed by atoms with Crippen molar-refractivity contribution in [3.05, 3.63) is 60.8 Å². The van der Waals surface area contributed by atoms with Crippen LogP contribution in [0.4, 0.5) is 0 Å². The smallest absolute Gasteiger partial charge is 0.305 e. The number of aliphatic hydroxyl groups excluding tert-OH is 5. The van der Waals surface area contributed by atoms with E-state index in [4.69, 9.17) is 14.2 Å². The van der Waals surface area contributed by atoms with Crippen molar-refractivity contribution >= 4 is 11.9 Å². The van der Waals surface area contributed by atoms with Gasteiger partial charge in [-0.3, -0.25) is 9.59 Å². The molecule has 7 atom stereocenters. The molecule has 0 aromatic heterocycles. The van der Waals surface area contributed by atoms with Crippen molar-refractivity contribution in [3.8, 4) is 0 Å². The third kappa shape index (κ3) is 61.0. The summed E-state index contributed by atoms with van der Waals surface area (Å²) in [7, 11) is 0. The zero-order chi connectivity index (χ0) is 68.6. The van der Waals surface area contributed by atoms with Gasteiger partial charge in [-0.25, -0.2) is 0 Å². The maximum absolute atomic E-state index is 13.1. The first-order valence-electron chi connectivity index (χ1n) is 41.1. The van der Waals surface area contributed by atoms with Crippen molar-refractivity contribution < 1.29 is 49.3 Å². The number of carbonyl (C=O) groups is 2. The largest absolute Gasteiger partial charge is 0.466 e. The Morgan fingerprint density at radius 3 is 1.11 bits per heavy atom. The molecule has 1 fully saturated rings. The first-order chi connectivity index (χ1) is 46.7. The van der Waals surface area contributed by atoms with E-state index in [1.807, 2.05) is 6.08 Å². The van der Waals surface area contributed by atoms with Crippen molar-refractivity contribution in [2.75, 3.05) is 19.8 Å². The van der Waals surface area contributed by atoms with Crippen molar-refractivity contribution in [1.82, 2.24) is 5.32 Å². The lowest BCUT2D eigenvalue weighted by Crippen LogP contribution is -2.60. The molecule has 0 aromatic rings. The molecule has 95 heavy (non-hydrogen) atoms. The summed E-state index contributed by atoms with van der Waals surface area (Å²) in [5.41, 5.74) is 0. The summed E-state index contributed by atoms with van der Waals surface area (Å²) >= 11 is 0. The van der Waals surface area contributed by atoms with Crippen LogP contribution in [0.1, 0.15) is 399 Å². The number of rotatable bonds is 73. The van der Waals surface area contributed by atoms with Gasteiger partial charge >= 0.3 is 5.97 Å². The van der Waals surface area contributed by atoms with Crippen LogP contribution < -0.4 is 5.32 Å². The van der Waals surface area contributed by atoms with E-state index in [-0.39, 0.29) is 18.5 Å². The molecular formula is C84H155NO10. The molecule has 1 rings (SSSR count). The zero-order valence-corrected chi connectivity index (χ0v) is 62.1. The number of ether oxygens (including phenoxy) is 3. The molecule has 1 aliphatic heterocycles. The van der Waals surface area contributed by atoms with Crippen molar-refractivity contribution in [2.45, 2.75) is 442 Å². The minimum atomic E-state index is -1.58. The highest BCUT2D eigenvalue weighted by Crippen LogP contribution is 2.24. The molecule has 1 aliphatic rings. The van der Waals surface area contributed by atoms with Crippen molar-refractivity contribution in [2.24, 2.45) is 0 Å². The fraction of sp³-hybridized carbons (Fsp3) is 0.857. The van der Waals surface area contributed by atoms with Gasteiger partial charge in [-0.1, -0.05) is 344 Å². The average molecular weight is 1340 g/mol. The minimum Gasteiger partial charge on any atom is -0.466 e. The van der Waals surface area contributed by atoms with Gasteiger partial charge in [0.25, 0.3) is 0 Å². The minimum absolute atomic E-state index is 0.0114. The molecule has 7 unspecified atom stereocenters. The van der Waals surface area contributed by atoms with E-state index in [0.717, 1.165) is 64.2 Å². The molecule has 1 amide bonds. The number of carbonyl (C=O) groups excluding carboxylic acids is 2. The second kappa shape index (κ2) is 72.6. The van der Waals surface area contributed by atoms with E-state index in [2.05, 4.69) is 67.8 Å². The Balaban J connectivity index is 1.88. The molecule has 0 bridgehead atoms. The molecule has 6 N–H and O–H groups in total. The number of nitrogens with one attached hydrogen (secondary N) is 1. The lowest BCUT2D eigenvalue weighted by molar-refractivity contribution is -0.302. The van der Waals surface area contributed by atoms with Gasteiger partial charge in [-0.2, -0.15) is 0 Å². The molecule has 0 aliphatic carbocycles. The third-order valence-electron chi connectivity index (χ3n) is 19.3. The van der Waals surface area contributed by atoms with Gasteiger partial charge in [0.05, 0.1) is 32.0 Å². The Labute approximate surface area is 586 Å². The number of hydrogen-bond acceptors (Lipinski definition) is 10. The Hall–Kier alpha value is -2.64. The SMILES string of the molecule is CCCCCCC/C=C/CC/C=C/C(O)C(COC1OC(CO)C(O)C(O)C1O)NC(=O)CCCCCCCCCCCCCCCCCCC/C=C\C/C=C\CCCCCCCCCCCCCCCCCOC(=O)CCCCCCCCC/C=C\CCCCCCCC. The monoisotopic (exact) mass is 1340 g/mol. The van der Waals surface area contributed by atoms with Crippen LogP contribution in [0.3, 0.4) is 0 Å². The predicted molar refractivity (Wildman–Crippen MR) is 403 cm³/mol. The fourth-order valence-corrected chi connectivity index (χ4v) is 12.9. The van der Waals surface area contributed by atoms with Crippen LogP contribution >= 0.6 is 0 Å². The van der Waals surface area contributed by atoms with E-state index < -0.39 is 49.5 Å². The highest BCUT2D eigenvalue weighted by atomic mass is 16.7. The summed E-state index contributed by atoms with van der Waals surface area (Å²) in [4.78, 5) is 25.2. The van der Waals surface area contributed by atoms with Crippen molar-refractivity contribution in [3.63, 3.8) is 0 Å². The van der Waals surface area contributed by atoms with Gasteiger partial charge < -0.3 is 45.1 Å². The van der Waals surface area contributed by atoms with E-state index in [9.17, 15) is 35.1 Å². The first kappa shape index (κ1) is 90.4. The first-order valence-corrected chi connectivity index (χ1v) is 41.1. The summed E-state index contributed by atoms with van der Waals surface area (Å²) in [6.07, 6.45) is 88.5. The van der Waals surface area contributed by atoms with E-state index in [1.165, 1.54) is 308 Å². The van der Waals surface area contributed by atoms with Crippen LogP contribution in [-0.4, -0.2) is 100 Å². The Morgan fingerprint density at radius 2 is 0.716 bits per heavy atom. The lowest BCUT2D eigenvalue weighted by atomic mass is 9.99. The van der Waals surface area contributed by atoms with Gasteiger partial charge in [0, 0.05) is 12.8 Å². The van der Waals surface area contributed by atoms with Gasteiger partial charge in [-0.15, -0.1) is 0 Å². The fourth-order valence-electron chi connectivity index (χ4n) is 12.9. The molecule has 0 radical (unpaired) electrons. The molecule has 11 heteroatoms. The number of aliphatic hydroxyl groups is 5. The summed E-state index contributed by atoms with van der Waals surface area (Å²) in [5.74, 6) is -0.177. The number of amides is 1. The van der Waals surface area contributed by atoms with Crippen LogP contribution in [0.5, 0.6) is 0 Å². The van der Waals surface area contributed by atoms with Crippen LogP contribution in [0, 0.1) is 0 Å². The van der Waals surface area contributed by atoms with Gasteiger partial charge in [0.1, 0.15) is 24.4 Å². The highest BCUT2D eigenvalue weighted by molar-refractivity contribution is 5.76. The summed E-state index contributed by atoms with van der Waals surface area (Å²) in [6, 6.07) is -0.825. The molecule has 0 saturated carbocycles. The van der Waals surface area contributed by atoms with E-state index >= 15 is 0 Å². The summed E-state index contributed by atoms with van der Waals surface area (Å²) in [6.45, 7) is 4.34. The number of esters is 1. The van der Waals surface area contributed by atoms with E-state index in [0.29, 0.717) is 19.4 Å². The molecule has 556 valence electrons. The van der Waals surface area contributed by atoms with Crippen LogP contribution in [0.15, 0.2) is 60.8 Å². The summed E-state index contributed by atoms with van der Waals surface area (Å²) < 4.78 is 16.8. The molecule has 11 nitrogen and oxygen atoms in total. The third-order valence-corrected chi connectivity index (χ3v) is 19.3. The standard InChI is InChI=1S/C84H155NO10/c1-3-5-7-9-11-13-15-16-17-41-45-48-52-56-60-64-68-72-80(89)93-73-69-65-61-57-53-49-46-43-40-38-36-34-32-30-28-26-24-22-20-18-19-21-23-25-27-29-31-33-35-37-39-42-44-47-51-55-59-63-67-71-79(88)85-76(75-94-84-83(92)82(91)81(90)78(74-86)95-84)77(87)70-66-62-58-54-50-14-12-10-8-6-4-2/h16-19,22,24,50,54,66,70,76-78,81-84,86-87,90-92H,3-15,20-21,23,25-49,51-53,55-65,67-69,71-75H2,1-2H3,(H,85,88)/b17-16-,19-18-,24-22-,54-50+,70-66+. The second-order valence-corrected chi connectivity index (χ2v) is 28.5. The Kier molecular flexibility index (Phi) is 69.1. The predicted octanol–water partition coefficient (Wildman–Crippen LogP) is 22.4. The molecule has 0 aromatic carbocycles.